The quantitative estimate of drug-likeness (QED) is 0.0392. The Morgan fingerprint density at radius 3 is 2.62 bits per heavy atom. The number of thioether (sulfide) groups is 2. The van der Waals surface area contributed by atoms with Crippen LogP contribution in [-0.4, -0.2) is 90.1 Å². The van der Waals surface area contributed by atoms with E-state index in [0.717, 1.165) is 28.8 Å². The van der Waals surface area contributed by atoms with Gasteiger partial charge in [-0.2, -0.15) is 4.57 Å². The SMILES string of the molecule is CC(ON=C(C(=O)NC1C(=O)N2CC(CSc3nc(N)cc(N)[n+]3-c3ccccc3)(C(=O)O)CS[C@H]12)c1csc(N)n1)C(=O)O. The van der Waals surface area contributed by atoms with E-state index >= 15 is 0 Å². The van der Waals surface area contributed by atoms with Gasteiger partial charge in [0.05, 0.1) is 6.07 Å². The summed E-state index contributed by atoms with van der Waals surface area (Å²) in [5.41, 5.74) is 16.9. The van der Waals surface area contributed by atoms with Gasteiger partial charge in [0.25, 0.3) is 5.91 Å². The summed E-state index contributed by atoms with van der Waals surface area (Å²) in [4.78, 5) is 65.0. The molecular formula is C26H28N9O7S3+. The van der Waals surface area contributed by atoms with Gasteiger partial charge in [0.1, 0.15) is 28.2 Å². The molecule has 3 aromatic rings. The first-order valence-electron chi connectivity index (χ1n) is 13.2. The molecule has 0 bridgehead atoms. The molecule has 236 valence electrons. The van der Waals surface area contributed by atoms with Crippen molar-refractivity contribution in [3.8, 4) is 5.69 Å². The van der Waals surface area contributed by atoms with Crippen molar-refractivity contribution in [2.24, 2.45) is 10.6 Å². The Morgan fingerprint density at radius 1 is 1.24 bits per heavy atom. The Labute approximate surface area is 268 Å². The number of benzene rings is 1. The highest BCUT2D eigenvalue weighted by Crippen LogP contribution is 2.44. The number of carboxylic acid groups (broad SMARTS) is 2. The van der Waals surface area contributed by atoms with Crippen molar-refractivity contribution in [1.82, 2.24) is 20.2 Å². The van der Waals surface area contributed by atoms with Crippen LogP contribution in [0.2, 0.25) is 0 Å². The molecule has 2 fully saturated rings. The lowest BCUT2D eigenvalue weighted by atomic mass is 9.89. The number of carbonyl (C=O) groups is 4. The highest BCUT2D eigenvalue weighted by atomic mass is 32.2. The predicted octanol–water partition coefficient (Wildman–Crippen LogP) is 0.0184. The van der Waals surface area contributed by atoms with Crippen LogP contribution in [0.4, 0.5) is 16.8 Å². The number of β-lactam (4-membered cyclic amide) rings is 1. The molecule has 19 heteroatoms. The molecule has 1 aromatic carbocycles. The number of nitrogens with two attached hydrogens (primary N) is 3. The van der Waals surface area contributed by atoms with Crippen LogP contribution >= 0.6 is 34.9 Å². The molecule has 0 saturated carbocycles. The molecule has 5 rings (SSSR count). The Balaban J connectivity index is 1.30. The van der Waals surface area contributed by atoms with Crippen molar-refractivity contribution < 1.29 is 38.8 Å². The molecule has 0 radical (unpaired) electrons. The van der Waals surface area contributed by atoms with E-state index in [2.05, 4.69) is 20.4 Å². The number of aliphatic carboxylic acids is 2. The normalized spacial score (nSPS) is 21.8. The van der Waals surface area contributed by atoms with Gasteiger partial charge in [-0.3, -0.25) is 14.4 Å². The average Bonchev–Trinajstić information content (AvgIpc) is 3.44. The third-order valence-electron chi connectivity index (χ3n) is 6.98. The molecular weight excluding hydrogens is 647 g/mol. The van der Waals surface area contributed by atoms with Crippen LogP contribution in [0, 0.1) is 5.41 Å². The smallest absolute Gasteiger partial charge is 0.347 e. The van der Waals surface area contributed by atoms with E-state index in [1.165, 1.54) is 35.0 Å². The molecule has 2 aliphatic rings. The van der Waals surface area contributed by atoms with Crippen molar-refractivity contribution in [2.75, 3.05) is 35.3 Å². The van der Waals surface area contributed by atoms with Crippen LogP contribution in [-0.2, 0) is 24.0 Å². The first-order chi connectivity index (χ1) is 21.4. The van der Waals surface area contributed by atoms with Crippen molar-refractivity contribution in [3.05, 3.63) is 47.5 Å². The van der Waals surface area contributed by atoms with E-state index < -0.39 is 46.7 Å². The minimum Gasteiger partial charge on any atom is -0.481 e. The number of carboxylic acids is 2. The molecule has 4 atom stereocenters. The fraction of sp³-hybridized carbons (Fsp3) is 0.308. The minimum absolute atomic E-state index is 0.0398. The number of hydrogen-bond acceptors (Lipinski definition) is 14. The summed E-state index contributed by atoms with van der Waals surface area (Å²) in [6.45, 7) is 1.12. The van der Waals surface area contributed by atoms with E-state index in [1.807, 2.05) is 30.3 Å². The van der Waals surface area contributed by atoms with Crippen molar-refractivity contribution in [1.29, 1.82) is 0 Å². The van der Waals surface area contributed by atoms with Gasteiger partial charge in [0.15, 0.2) is 10.8 Å². The molecule has 16 nitrogen and oxygen atoms in total. The first-order valence-corrected chi connectivity index (χ1v) is 16.1. The largest absolute Gasteiger partial charge is 0.481 e. The zero-order valence-corrected chi connectivity index (χ0v) is 26.0. The highest BCUT2D eigenvalue weighted by Gasteiger charge is 2.57. The molecule has 2 aromatic heterocycles. The van der Waals surface area contributed by atoms with Crippen LogP contribution in [0.3, 0.4) is 0 Å². The second-order valence-electron chi connectivity index (χ2n) is 10.1. The summed E-state index contributed by atoms with van der Waals surface area (Å²) in [7, 11) is 0. The van der Waals surface area contributed by atoms with Gasteiger partial charge in [0, 0.05) is 23.4 Å². The van der Waals surface area contributed by atoms with Crippen LogP contribution < -0.4 is 27.1 Å². The average molecular weight is 675 g/mol. The third kappa shape index (κ3) is 6.45. The van der Waals surface area contributed by atoms with E-state index in [-0.39, 0.29) is 40.4 Å². The van der Waals surface area contributed by atoms with E-state index in [0.29, 0.717) is 11.0 Å². The standard InChI is InChI=1S/C26H27N9O7S3/c1-12(22(38)39)42-33-17(14-8-43-24(29)30-14)19(36)32-18-20(37)34-9-26(23(40)41,10-44-21(18)34)11-45-25-31-15(27)7-16(28)35(25)13-5-3-2-4-6-13/h2-8,12,18,21H,9-11H2,1H3,(H8,27,28,29,30,32,36,38,39,40,41)/p+1/t12?,18?,21-,26?/m1/s1. The highest BCUT2D eigenvalue weighted by molar-refractivity contribution is 8.00. The molecule has 0 spiro atoms. The van der Waals surface area contributed by atoms with Gasteiger partial charge >= 0.3 is 17.1 Å². The topological polar surface area (TPSA) is 253 Å². The van der Waals surface area contributed by atoms with Crippen LogP contribution in [0.5, 0.6) is 0 Å². The molecule has 2 amide bonds. The number of thiazole rings is 1. The predicted molar refractivity (Wildman–Crippen MR) is 167 cm³/mol. The maximum Gasteiger partial charge on any atom is 0.347 e. The number of hydrogen-bond donors (Lipinski definition) is 6. The number of rotatable bonds is 11. The van der Waals surface area contributed by atoms with Gasteiger partial charge < -0.3 is 42.5 Å². The second-order valence-corrected chi connectivity index (χ2v) is 13.1. The van der Waals surface area contributed by atoms with Gasteiger partial charge in [-0.1, -0.05) is 40.1 Å². The Morgan fingerprint density at radius 2 is 1.98 bits per heavy atom. The van der Waals surface area contributed by atoms with Crippen LogP contribution in [0.15, 0.2) is 52.1 Å². The van der Waals surface area contributed by atoms with Gasteiger partial charge in [-0.15, -0.1) is 23.1 Å². The third-order valence-corrected chi connectivity index (χ3v) is 10.5. The summed E-state index contributed by atoms with van der Waals surface area (Å²) in [5, 5.41) is 27.1. The molecule has 0 aliphatic carbocycles. The van der Waals surface area contributed by atoms with Gasteiger partial charge in [0.2, 0.25) is 23.6 Å². The summed E-state index contributed by atoms with van der Waals surface area (Å²) in [5.74, 6) is -3.05. The lowest BCUT2D eigenvalue weighted by Crippen LogP contribution is -2.74. The maximum absolute atomic E-state index is 13.2. The van der Waals surface area contributed by atoms with Crippen molar-refractivity contribution >= 4 is 81.1 Å². The zero-order chi connectivity index (χ0) is 32.5. The molecule has 45 heavy (non-hydrogen) atoms. The number of oxime groups is 1. The maximum atomic E-state index is 13.2. The minimum atomic E-state index is -1.36. The number of nitrogens with zero attached hydrogens (tertiary/aromatic N) is 5. The number of amides is 2. The van der Waals surface area contributed by atoms with E-state index in [1.54, 1.807) is 4.57 Å². The summed E-state index contributed by atoms with van der Waals surface area (Å²) < 4.78 is 1.67. The Kier molecular flexibility index (Phi) is 9.03. The monoisotopic (exact) mass is 674 g/mol. The molecule has 3 unspecified atom stereocenters. The second kappa shape index (κ2) is 12.8. The fourth-order valence-electron chi connectivity index (χ4n) is 4.55. The molecule has 2 aliphatic heterocycles. The molecule has 4 heterocycles. The number of anilines is 3. The first kappa shape index (κ1) is 31.8. The number of para-hydroxylation sites is 1. The number of nitrogen functional groups attached to an aromatic ring is 3. The lowest BCUT2D eigenvalue weighted by molar-refractivity contribution is -0.626. The van der Waals surface area contributed by atoms with Gasteiger partial charge in [-0.25, -0.2) is 9.78 Å². The fourth-order valence-corrected chi connectivity index (χ4v) is 8.00. The Hall–Kier alpha value is -4.62. The van der Waals surface area contributed by atoms with E-state index in [4.69, 9.17) is 27.1 Å². The summed E-state index contributed by atoms with van der Waals surface area (Å²) in [6.07, 6.45) is -1.36. The summed E-state index contributed by atoms with van der Waals surface area (Å²) in [6, 6.07) is 9.70. The number of nitrogens with one attached hydrogen (secondary N) is 1. The lowest BCUT2D eigenvalue weighted by Gasteiger charge is -2.53. The van der Waals surface area contributed by atoms with Crippen molar-refractivity contribution in [3.63, 3.8) is 0 Å². The zero-order valence-electron chi connectivity index (χ0n) is 23.5. The number of fused-ring (bicyclic) bond motifs is 1. The molecule has 2 saturated heterocycles. The number of carbonyl (C=O) groups excluding carboxylic acids is 2. The molecule has 9 N–H and O–H groups in total. The van der Waals surface area contributed by atoms with Crippen molar-refractivity contribution in [2.45, 2.75) is 29.6 Å². The van der Waals surface area contributed by atoms with Gasteiger partial charge in [-0.05, 0) is 19.1 Å². The Bertz CT molecular complexity index is 1690. The summed E-state index contributed by atoms with van der Waals surface area (Å²) >= 11 is 3.41. The van der Waals surface area contributed by atoms with Crippen LogP contribution in [0.25, 0.3) is 5.69 Å². The number of aromatic nitrogens is 3. The van der Waals surface area contributed by atoms with E-state index in [9.17, 15) is 24.3 Å². The van der Waals surface area contributed by atoms with Crippen LogP contribution in [0.1, 0.15) is 12.6 Å².